The first-order valence-electron chi connectivity index (χ1n) is 5.72. The van der Waals surface area contributed by atoms with Gasteiger partial charge in [0.1, 0.15) is 11.8 Å². The lowest BCUT2D eigenvalue weighted by Gasteiger charge is -2.09. The van der Waals surface area contributed by atoms with Crippen LogP contribution in [-0.2, 0) is 14.5 Å². The molecule has 0 aliphatic rings. The fourth-order valence-corrected chi connectivity index (χ4v) is 2.65. The lowest BCUT2D eigenvalue weighted by atomic mass is 10.3. The molecule has 0 spiro atoms. The Bertz CT molecular complexity index is 618. The first-order chi connectivity index (χ1) is 9.26. The summed E-state index contributed by atoms with van der Waals surface area (Å²) in [5.41, 5.74) is 4.91. The van der Waals surface area contributed by atoms with E-state index in [1.54, 1.807) is 24.3 Å². The summed E-state index contributed by atoms with van der Waals surface area (Å²) in [6.07, 6.45) is 1.35. The van der Waals surface area contributed by atoms with Gasteiger partial charge >= 0.3 is 6.03 Å². The van der Waals surface area contributed by atoms with Crippen molar-refractivity contribution in [2.45, 2.75) is 17.9 Å². The highest BCUT2D eigenvalue weighted by atomic mass is 32.2. The summed E-state index contributed by atoms with van der Waals surface area (Å²) in [6.45, 7) is 1.42. The Morgan fingerprint density at radius 1 is 1.35 bits per heavy atom. The summed E-state index contributed by atoms with van der Waals surface area (Å²) in [4.78, 5) is 22.8. The standard InChI is InChI=1S/C12H17N3O4S/c1-8(14-12(13)17)11(16)15-20(3,18)10-6-4-9(19-2)5-7-10/h4-8H,1-3H3,(H3,13,14,17)/t8-,20?/m0/s1. The second-order valence-electron chi connectivity index (χ2n) is 4.14. The van der Waals surface area contributed by atoms with Gasteiger partial charge in [0, 0.05) is 11.2 Å². The highest BCUT2D eigenvalue weighted by Gasteiger charge is 2.16. The van der Waals surface area contributed by atoms with Crippen LogP contribution in [0.15, 0.2) is 33.5 Å². The molecule has 0 saturated heterocycles. The van der Waals surface area contributed by atoms with Crippen molar-refractivity contribution in [1.82, 2.24) is 5.32 Å². The maximum atomic E-state index is 12.4. The van der Waals surface area contributed by atoms with Crippen LogP contribution in [0, 0.1) is 0 Å². The quantitative estimate of drug-likeness (QED) is 0.853. The Morgan fingerprint density at radius 3 is 2.35 bits per heavy atom. The number of hydrogen-bond donors (Lipinski definition) is 2. The molecule has 0 aliphatic heterocycles. The van der Waals surface area contributed by atoms with Crippen LogP contribution >= 0.6 is 0 Å². The Balaban J connectivity index is 3.01. The van der Waals surface area contributed by atoms with E-state index < -0.39 is 27.7 Å². The highest BCUT2D eigenvalue weighted by Crippen LogP contribution is 2.17. The first-order valence-corrected chi connectivity index (χ1v) is 7.64. The largest absolute Gasteiger partial charge is 0.497 e. The van der Waals surface area contributed by atoms with Gasteiger partial charge in [0.15, 0.2) is 0 Å². The van der Waals surface area contributed by atoms with Crippen LogP contribution in [-0.4, -0.2) is 35.6 Å². The molecule has 0 aromatic heterocycles. The predicted octanol–water partition coefficient (Wildman–Crippen LogP) is 0.735. The minimum Gasteiger partial charge on any atom is -0.497 e. The molecule has 0 bridgehead atoms. The van der Waals surface area contributed by atoms with Crippen molar-refractivity contribution < 1.29 is 18.5 Å². The van der Waals surface area contributed by atoms with Crippen molar-refractivity contribution >= 4 is 21.7 Å². The third kappa shape index (κ3) is 4.23. The number of carbonyl (C=O) groups excluding carboxylic acids is 2. The Morgan fingerprint density at radius 2 is 1.90 bits per heavy atom. The lowest BCUT2D eigenvalue weighted by Crippen LogP contribution is -2.41. The monoisotopic (exact) mass is 299 g/mol. The molecular formula is C12H17N3O4S. The molecule has 1 aromatic carbocycles. The zero-order valence-electron chi connectivity index (χ0n) is 11.5. The maximum Gasteiger partial charge on any atom is 0.312 e. The summed E-state index contributed by atoms with van der Waals surface area (Å²) in [5.74, 6) is -0.0915. The zero-order valence-corrected chi connectivity index (χ0v) is 12.3. The van der Waals surface area contributed by atoms with Gasteiger partial charge < -0.3 is 15.8 Å². The molecule has 0 aliphatic carbocycles. The second kappa shape index (κ2) is 6.38. The molecular weight excluding hydrogens is 282 g/mol. The minimum atomic E-state index is -2.89. The van der Waals surface area contributed by atoms with E-state index in [2.05, 4.69) is 9.68 Å². The zero-order chi connectivity index (χ0) is 15.3. The second-order valence-corrected chi connectivity index (χ2v) is 6.40. The number of urea groups is 1. The summed E-state index contributed by atoms with van der Waals surface area (Å²) < 4.78 is 21.1. The first kappa shape index (κ1) is 16.0. The van der Waals surface area contributed by atoms with Crippen molar-refractivity contribution in [3.05, 3.63) is 24.3 Å². The molecule has 0 heterocycles. The average molecular weight is 299 g/mol. The van der Waals surface area contributed by atoms with Crippen LogP contribution in [0.1, 0.15) is 6.92 Å². The van der Waals surface area contributed by atoms with E-state index in [1.165, 1.54) is 20.3 Å². The van der Waals surface area contributed by atoms with E-state index >= 15 is 0 Å². The number of methoxy groups -OCH3 is 1. The van der Waals surface area contributed by atoms with Crippen molar-refractivity contribution in [2.75, 3.05) is 13.4 Å². The van der Waals surface area contributed by atoms with Gasteiger partial charge in [-0.1, -0.05) is 0 Å². The number of rotatable bonds is 4. The Hall–Kier alpha value is -2.09. The van der Waals surface area contributed by atoms with Gasteiger partial charge in [-0.25, -0.2) is 9.00 Å². The molecule has 1 rings (SSSR count). The van der Waals surface area contributed by atoms with Crippen LogP contribution in [0.3, 0.4) is 0 Å². The third-order valence-electron chi connectivity index (χ3n) is 2.49. The molecule has 0 radical (unpaired) electrons. The number of carbonyl (C=O) groups is 2. The van der Waals surface area contributed by atoms with Gasteiger partial charge in [-0.05, 0) is 31.2 Å². The van der Waals surface area contributed by atoms with Gasteiger partial charge in [0.2, 0.25) is 0 Å². The molecule has 20 heavy (non-hydrogen) atoms. The van der Waals surface area contributed by atoms with Crippen LogP contribution in [0.5, 0.6) is 5.75 Å². The van der Waals surface area contributed by atoms with Crippen molar-refractivity contribution in [2.24, 2.45) is 10.1 Å². The van der Waals surface area contributed by atoms with E-state index in [-0.39, 0.29) is 0 Å². The van der Waals surface area contributed by atoms with Gasteiger partial charge in [-0.2, -0.15) is 4.36 Å². The molecule has 1 aromatic rings. The number of benzene rings is 1. The van der Waals surface area contributed by atoms with Gasteiger partial charge in [-0.15, -0.1) is 0 Å². The predicted molar refractivity (Wildman–Crippen MR) is 74.9 cm³/mol. The average Bonchev–Trinajstić information content (AvgIpc) is 2.37. The van der Waals surface area contributed by atoms with Crippen molar-refractivity contribution in [3.8, 4) is 5.75 Å². The number of amides is 3. The molecule has 3 amide bonds. The number of primary amides is 1. The summed E-state index contributed by atoms with van der Waals surface area (Å²) in [5, 5.41) is 2.18. The summed E-state index contributed by atoms with van der Waals surface area (Å²) >= 11 is 0. The maximum absolute atomic E-state index is 12.4. The third-order valence-corrected chi connectivity index (χ3v) is 4.17. The van der Waals surface area contributed by atoms with Gasteiger partial charge in [-0.3, -0.25) is 4.79 Å². The molecule has 7 nitrogen and oxygen atoms in total. The molecule has 2 atom stereocenters. The molecule has 8 heteroatoms. The van der Waals surface area contributed by atoms with Crippen molar-refractivity contribution in [1.29, 1.82) is 0 Å². The number of nitrogens with one attached hydrogen (secondary N) is 1. The van der Waals surface area contributed by atoms with E-state index in [0.717, 1.165) is 0 Å². The van der Waals surface area contributed by atoms with E-state index in [1.807, 2.05) is 0 Å². The van der Waals surface area contributed by atoms with Crippen LogP contribution in [0.4, 0.5) is 4.79 Å². The number of nitrogens with zero attached hydrogens (tertiary/aromatic N) is 1. The number of ether oxygens (including phenoxy) is 1. The highest BCUT2D eigenvalue weighted by molar-refractivity contribution is 7.93. The van der Waals surface area contributed by atoms with Crippen LogP contribution < -0.4 is 15.8 Å². The van der Waals surface area contributed by atoms with Crippen LogP contribution in [0.25, 0.3) is 0 Å². The summed E-state index contributed by atoms with van der Waals surface area (Å²) in [6, 6.07) is 4.64. The Labute approximate surface area is 117 Å². The molecule has 0 fully saturated rings. The molecule has 3 N–H and O–H groups in total. The fraction of sp³-hybridized carbons (Fsp3) is 0.333. The van der Waals surface area contributed by atoms with E-state index in [4.69, 9.17) is 10.5 Å². The van der Waals surface area contributed by atoms with Gasteiger partial charge in [0.25, 0.3) is 5.91 Å². The lowest BCUT2D eigenvalue weighted by molar-refractivity contribution is -0.119. The van der Waals surface area contributed by atoms with Crippen LogP contribution in [0.2, 0.25) is 0 Å². The molecule has 110 valence electrons. The number of hydrogen-bond acceptors (Lipinski definition) is 4. The smallest absolute Gasteiger partial charge is 0.312 e. The SMILES string of the molecule is COc1ccc(S(C)(=O)=NC(=O)[C@H](C)NC(N)=O)cc1. The fourth-order valence-electron chi connectivity index (χ4n) is 1.41. The summed E-state index contributed by atoms with van der Waals surface area (Å²) in [7, 11) is -1.37. The van der Waals surface area contributed by atoms with E-state index in [9.17, 15) is 13.8 Å². The molecule has 0 saturated carbocycles. The van der Waals surface area contributed by atoms with Gasteiger partial charge in [0.05, 0.1) is 16.8 Å². The molecule has 1 unspecified atom stereocenters. The normalized spacial score (nSPS) is 14.8. The minimum absolute atomic E-state index is 0.401. The van der Waals surface area contributed by atoms with E-state index in [0.29, 0.717) is 10.6 Å². The number of nitrogens with two attached hydrogens (primary N) is 1. The van der Waals surface area contributed by atoms with Crippen molar-refractivity contribution in [3.63, 3.8) is 0 Å². The topological polar surface area (TPSA) is 111 Å². The Kier molecular flexibility index (Phi) is 5.09.